The first-order valence-corrected chi connectivity index (χ1v) is 7.98. The maximum Gasteiger partial charge on any atom is 0.135 e. The van der Waals surface area contributed by atoms with E-state index in [-0.39, 0.29) is 0 Å². The van der Waals surface area contributed by atoms with Crippen LogP contribution >= 0.6 is 0 Å². The first-order chi connectivity index (χ1) is 12.0. The third-order valence-corrected chi connectivity index (χ3v) is 3.75. The Morgan fingerprint density at radius 3 is 2.80 bits per heavy atom. The molecule has 3 rings (SSSR count). The number of anilines is 3. The SMILES string of the molecule is C=C/C(=C\N(C)C)Nc1cc(Nc2ccc3c(c2)CNC3=C)ncn1. The van der Waals surface area contributed by atoms with E-state index in [4.69, 9.17) is 0 Å². The van der Waals surface area contributed by atoms with Crippen LogP contribution in [-0.4, -0.2) is 29.0 Å². The van der Waals surface area contributed by atoms with E-state index in [1.165, 1.54) is 17.5 Å². The molecule has 0 saturated carbocycles. The molecule has 0 bridgehead atoms. The lowest BCUT2D eigenvalue weighted by molar-refractivity contribution is 0.560. The van der Waals surface area contributed by atoms with Crippen LogP contribution in [-0.2, 0) is 6.54 Å². The molecule has 0 radical (unpaired) electrons. The van der Waals surface area contributed by atoms with Gasteiger partial charge in [0, 0.05) is 49.9 Å². The molecule has 0 amide bonds. The van der Waals surface area contributed by atoms with Gasteiger partial charge in [-0.15, -0.1) is 0 Å². The summed E-state index contributed by atoms with van der Waals surface area (Å²) in [7, 11) is 3.91. The molecule has 25 heavy (non-hydrogen) atoms. The molecule has 0 fully saturated rings. The lowest BCUT2D eigenvalue weighted by atomic mass is 10.1. The Balaban J connectivity index is 1.76. The van der Waals surface area contributed by atoms with Crippen LogP contribution in [0.4, 0.5) is 17.3 Å². The van der Waals surface area contributed by atoms with Crippen molar-refractivity contribution in [3.63, 3.8) is 0 Å². The minimum absolute atomic E-state index is 0.696. The maximum absolute atomic E-state index is 4.29. The second kappa shape index (κ2) is 7.09. The normalized spacial score (nSPS) is 13.0. The van der Waals surface area contributed by atoms with Gasteiger partial charge in [-0.1, -0.05) is 19.2 Å². The molecule has 1 aliphatic rings. The highest BCUT2D eigenvalue weighted by Gasteiger charge is 2.13. The summed E-state index contributed by atoms with van der Waals surface area (Å²) in [6.45, 7) is 8.61. The van der Waals surface area contributed by atoms with E-state index in [1.807, 2.05) is 37.3 Å². The second-order valence-electron chi connectivity index (χ2n) is 5.99. The molecular weight excluding hydrogens is 312 g/mol. The van der Waals surface area contributed by atoms with Crippen molar-refractivity contribution in [1.82, 2.24) is 20.2 Å². The topological polar surface area (TPSA) is 65.1 Å². The fourth-order valence-electron chi connectivity index (χ4n) is 2.61. The number of benzene rings is 1. The van der Waals surface area contributed by atoms with Crippen molar-refractivity contribution in [2.75, 3.05) is 24.7 Å². The van der Waals surface area contributed by atoms with Gasteiger partial charge < -0.3 is 20.9 Å². The van der Waals surface area contributed by atoms with Gasteiger partial charge in [-0.05, 0) is 23.8 Å². The van der Waals surface area contributed by atoms with E-state index in [0.717, 1.165) is 29.4 Å². The highest BCUT2D eigenvalue weighted by Crippen LogP contribution is 2.27. The Morgan fingerprint density at radius 2 is 2.04 bits per heavy atom. The minimum atomic E-state index is 0.696. The fraction of sp³-hybridized carbons (Fsp3) is 0.158. The van der Waals surface area contributed by atoms with Gasteiger partial charge >= 0.3 is 0 Å². The molecule has 1 aromatic carbocycles. The van der Waals surface area contributed by atoms with Crippen molar-refractivity contribution in [3.8, 4) is 0 Å². The molecule has 0 aliphatic carbocycles. The second-order valence-corrected chi connectivity index (χ2v) is 5.99. The molecule has 0 spiro atoms. The number of allylic oxidation sites excluding steroid dienone is 1. The van der Waals surface area contributed by atoms with Crippen LogP contribution in [0.1, 0.15) is 11.1 Å². The molecule has 3 N–H and O–H groups in total. The summed E-state index contributed by atoms with van der Waals surface area (Å²) in [6, 6.07) is 8.05. The molecule has 2 aromatic rings. The van der Waals surface area contributed by atoms with Crippen molar-refractivity contribution < 1.29 is 0 Å². The minimum Gasteiger partial charge on any atom is -0.382 e. The van der Waals surface area contributed by atoms with E-state index in [9.17, 15) is 0 Å². The van der Waals surface area contributed by atoms with Crippen LogP contribution < -0.4 is 16.0 Å². The number of hydrogen-bond donors (Lipinski definition) is 3. The number of hydrogen-bond acceptors (Lipinski definition) is 6. The van der Waals surface area contributed by atoms with E-state index >= 15 is 0 Å². The molecule has 128 valence electrons. The number of nitrogens with one attached hydrogen (secondary N) is 3. The summed E-state index contributed by atoms with van der Waals surface area (Å²) >= 11 is 0. The molecule has 0 atom stereocenters. The van der Waals surface area contributed by atoms with Gasteiger partial charge in [0.15, 0.2) is 0 Å². The van der Waals surface area contributed by atoms with E-state index in [0.29, 0.717) is 5.82 Å². The third-order valence-electron chi connectivity index (χ3n) is 3.75. The van der Waals surface area contributed by atoms with Crippen LogP contribution in [0.25, 0.3) is 5.70 Å². The Kier molecular flexibility index (Phi) is 4.70. The standard InChI is InChI=1S/C19H22N6/c1-5-15(11-25(3)4)23-18-9-19(22-12-21-18)24-16-6-7-17-13(2)20-10-14(17)8-16/h5-9,11-12,20H,1-2,10H2,3-4H3,(H2,21,22,23,24)/b15-11+. The van der Waals surface area contributed by atoms with Crippen molar-refractivity contribution in [2.45, 2.75) is 6.54 Å². The van der Waals surface area contributed by atoms with E-state index < -0.39 is 0 Å². The summed E-state index contributed by atoms with van der Waals surface area (Å²) < 4.78 is 0. The first-order valence-electron chi connectivity index (χ1n) is 7.98. The first kappa shape index (κ1) is 16.6. The van der Waals surface area contributed by atoms with Gasteiger partial charge in [0.2, 0.25) is 0 Å². The summed E-state index contributed by atoms with van der Waals surface area (Å²) in [6.07, 6.45) is 5.20. The molecule has 6 nitrogen and oxygen atoms in total. The third kappa shape index (κ3) is 3.98. The van der Waals surface area contributed by atoms with Gasteiger partial charge in [-0.2, -0.15) is 0 Å². The van der Waals surface area contributed by atoms with Crippen molar-refractivity contribution in [3.05, 3.63) is 72.9 Å². The van der Waals surface area contributed by atoms with Gasteiger partial charge in [-0.3, -0.25) is 0 Å². The average Bonchev–Trinajstić information content (AvgIpc) is 2.95. The van der Waals surface area contributed by atoms with Gasteiger partial charge in [0.25, 0.3) is 0 Å². The van der Waals surface area contributed by atoms with Crippen molar-refractivity contribution >= 4 is 23.0 Å². The quantitative estimate of drug-likeness (QED) is 0.705. The maximum atomic E-state index is 4.29. The Morgan fingerprint density at radius 1 is 1.24 bits per heavy atom. The fourth-order valence-corrected chi connectivity index (χ4v) is 2.61. The summed E-state index contributed by atoms with van der Waals surface area (Å²) in [4.78, 5) is 10.5. The smallest absolute Gasteiger partial charge is 0.135 e. The van der Waals surface area contributed by atoms with Gasteiger partial charge in [0.1, 0.15) is 18.0 Å². The zero-order valence-electron chi connectivity index (χ0n) is 14.5. The monoisotopic (exact) mass is 334 g/mol. The van der Waals surface area contributed by atoms with Gasteiger partial charge in [0.05, 0.1) is 5.70 Å². The van der Waals surface area contributed by atoms with Crippen molar-refractivity contribution in [1.29, 1.82) is 0 Å². The largest absolute Gasteiger partial charge is 0.382 e. The number of aromatic nitrogens is 2. The van der Waals surface area contributed by atoms with Crippen LogP contribution in [0.5, 0.6) is 0 Å². The molecule has 6 heteroatoms. The molecule has 2 heterocycles. The van der Waals surface area contributed by atoms with Gasteiger partial charge in [-0.25, -0.2) is 9.97 Å². The zero-order chi connectivity index (χ0) is 17.8. The highest BCUT2D eigenvalue weighted by molar-refractivity contribution is 5.72. The number of fused-ring (bicyclic) bond motifs is 1. The predicted molar refractivity (Wildman–Crippen MR) is 103 cm³/mol. The van der Waals surface area contributed by atoms with Crippen molar-refractivity contribution in [2.24, 2.45) is 0 Å². The molecule has 0 saturated heterocycles. The molecule has 0 unspecified atom stereocenters. The Labute approximate surface area is 148 Å². The van der Waals surface area contributed by atoms with E-state index in [2.05, 4.69) is 51.2 Å². The lowest BCUT2D eigenvalue weighted by Crippen LogP contribution is -2.08. The number of rotatable bonds is 6. The summed E-state index contributed by atoms with van der Waals surface area (Å²) in [5, 5.41) is 9.79. The van der Waals surface area contributed by atoms with Crippen LogP contribution in [0.3, 0.4) is 0 Å². The number of nitrogens with zero attached hydrogens (tertiary/aromatic N) is 3. The molecular formula is C19H22N6. The Hall–Kier alpha value is -3.28. The van der Waals surface area contributed by atoms with E-state index in [1.54, 1.807) is 6.08 Å². The van der Waals surface area contributed by atoms with Crippen LogP contribution in [0.2, 0.25) is 0 Å². The lowest BCUT2D eigenvalue weighted by Gasteiger charge is -2.12. The Bertz CT molecular complexity index is 838. The van der Waals surface area contributed by atoms with Crippen LogP contribution in [0.15, 0.2) is 61.7 Å². The predicted octanol–water partition coefficient (Wildman–Crippen LogP) is 3.30. The summed E-state index contributed by atoms with van der Waals surface area (Å²) in [5.74, 6) is 1.41. The zero-order valence-corrected chi connectivity index (χ0v) is 14.5. The van der Waals surface area contributed by atoms with Crippen LogP contribution in [0, 0.1) is 0 Å². The highest BCUT2D eigenvalue weighted by atomic mass is 15.1. The molecule has 1 aliphatic heterocycles. The average molecular weight is 334 g/mol. The summed E-state index contributed by atoms with van der Waals surface area (Å²) in [5.41, 5.74) is 5.20. The molecule has 1 aromatic heterocycles.